The summed E-state index contributed by atoms with van der Waals surface area (Å²) in [6.07, 6.45) is 1.65. The molecule has 0 unspecified atom stereocenters. The van der Waals surface area contributed by atoms with Crippen LogP contribution in [-0.4, -0.2) is 40.1 Å². The first-order valence-electron chi connectivity index (χ1n) is 6.81. The molecule has 0 radical (unpaired) electrons. The molecule has 1 aromatic heterocycles. The van der Waals surface area contributed by atoms with Crippen LogP contribution < -0.4 is 0 Å². The molecule has 0 saturated carbocycles. The first-order chi connectivity index (χ1) is 9.85. The summed E-state index contributed by atoms with van der Waals surface area (Å²) in [7, 11) is 1.67. The van der Waals surface area contributed by atoms with E-state index in [1.165, 1.54) is 11.2 Å². The number of hydrogen-bond donors (Lipinski definition) is 1. The second-order valence-electron chi connectivity index (χ2n) is 5.75. The van der Waals surface area contributed by atoms with Gasteiger partial charge in [0.1, 0.15) is 6.26 Å². The van der Waals surface area contributed by atoms with E-state index in [1.807, 2.05) is 30.3 Å². The lowest BCUT2D eigenvalue weighted by Gasteiger charge is -2.25. The lowest BCUT2D eigenvalue weighted by molar-refractivity contribution is -0.131. The lowest BCUT2D eigenvalue weighted by Crippen LogP contribution is -2.40. The molecular weight excluding hydrogens is 268 g/mol. The van der Waals surface area contributed by atoms with Crippen LogP contribution in [0.1, 0.15) is 19.5 Å². The van der Waals surface area contributed by atoms with Crippen molar-refractivity contribution in [1.82, 2.24) is 9.88 Å². The lowest BCUT2D eigenvalue weighted by atomic mass is 10.1. The third-order valence-corrected chi connectivity index (χ3v) is 2.95. The first kappa shape index (κ1) is 15.3. The number of carbonyl (C=O) groups is 1. The topological polar surface area (TPSA) is 66.6 Å². The van der Waals surface area contributed by atoms with E-state index < -0.39 is 5.60 Å². The molecule has 5 heteroatoms. The summed E-state index contributed by atoms with van der Waals surface area (Å²) < 4.78 is 5.40. The summed E-state index contributed by atoms with van der Waals surface area (Å²) >= 11 is 0. The monoisotopic (exact) mass is 288 g/mol. The molecule has 0 bridgehead atoms. The predicted molar refractivity (Wildman–Crippen MR) is 79.6 cm³/mol. The molecule has 1 amide bonds. The van der Waals surface area contributed by atoms with Crippen LogP contribution in [0.5, 0.6) is 0 Å². The highest BCUT2D eigenvalue weighted by Gasteiger charge is 2.20. The van der Waals surface area contributed by atoms with Crippen molar-refractivity contribution < 1.29 is 14.3 Å². The molecule has 0 atom stereocenters. The summed E-state index contributed by atoms with van der Waals surface area (Å²) in [4.78, 5) is 17.9. The molecule has 5 nitrogen and oxygen atoms in total. The SMILES string of the molecule is CN(CC(C)(C)O)C(=O)Cc1coc(-c2ccccc2)n1. The molecule has 0 aliphatic rings. The fourth-order valence-corrected chi connectivity index (χ4v) is 2.06. The quantitative estimate of drug-likeness (QED) is 0.915. The van der Waals surface area contributed by atoms with E-state index in [-0.39, 0.29) is 18.9 Å². The van der Waals surface area contributed by atoms with Gasteiger partial charge in [-0.3, -0.25) is 4.79 Å². The fraction of sp³-hybridized carbons (Fsp3) is 0.375. The Morgan fingerprint density at radius 1 is 1.33 bits per heavy atom. The molecule has 21 heavy (non-hydrogen) atoms. The number of rotatable bonds is 5. The zero-order valence-electron chi connectivity index (χ0n) is 12.5. The largest absolute Gasteiger partial charge is 0.444 e. The highest BCUT2D eigenvalue weighted by molar-refractivity contribution is 5.78. The number of amides is 1. The van der Waals surface area contributed by atoms with E-state index in [4.69, 9.17) is 4.42 Å². The Morgan fingerprint density at radius 2 is 2.00 bits per heavy atom. The number of aromatic nitrogens is 1. The third-order valence-electron chi connectivity index (χ3n) is 2.95. The van der Waals surface area contributed by atoms with Gasteiger partial charge in [-0.25, -0.2) is 4.98 Å². The molecule has 1 aromatic carbocycles. The Kier molecular flexibility index (Phi) is 4.43. The maximum atomic E-state index is 12.1. The van der Waals surface area contributed by atoms with Gasteiger partial charge in [0.15, 0.2) is 0 Å². The van der Waals surface area contributed by atoms with Gasteiger partial charge >= 0.3 is 0 Å². The van der Waals surface area contributed by atoms with Crippen molar-refractivity contribution in [3.8, 4) is 11.5 Å². The second-order valence-corrected chi connectivity index (χ2v) is 5.75. The standard InChI is InChI=1S/C16H20N2O3/c1-16(2,20)11-18(3)14(19)9-13-10-21-15(17-13)12-7-5-4-6-8-12/h4-8,10,20H,9,11H2,1-3H3. The third kappa shape index (κ3) is 4.43. The van der Waals surface area contributed by atoms with Crippen molar-refractivity contribution in [2.75, 3.05) is 13.6 Å². The van der Waals surface area contributed by atoms with Gasteiger partial charge in [-0.1, -0.05) is 18.2 Å². The van der Waals surface area contributed by atoms with Crippen LogP contribution in [0.3, 0.4) is 0 Å². The van der Waals surface area contributed by atoms with Gasteiger partial charge < -0.3 is 14.4 Å². The van der Waals surface area contributed by atoms with Crippen LogP contribution in [0.25, 0.3) is 11.5 Å². The summed E-state index contributed by atoms with van der Waals surface area (Å²) in [6, 6.07) is 9.53. The number of aliphatic hydroxyl groups is 1. The summed E-state index contributed by atoms with van der Waals surface area (Å²) in [6.45, 7) is 3.61. The molecule has 0 spiro atoms. The Bertz CT molecular complexity index is 599. The van der Waals surface area contributed by atoms with Crippen LogP contribution in [0.4, 0.5) is 0 Å². The molecule has 2 rings (SSSR count). The van der Waals surface area contributed by atoms with Crippen LogP contribution in [0.2, 0.25) is 0 Å². The van der Waals surface area contributed by atoms with Crippen LogP contribution in [-0.2, 0) is 11.2 Å². The highest BCUT2D eigenvalue weighted by Crippen LogP contribution is 2.18. The Balaban J connectivity index is 2.01. The maximum Gasteiger partial charge on any atom is 0.228 e. The molecule has 0 saturated heterocycles. The second kappa shape index (κ2) is 6.10. The van der Waals surface area contributed by atoms with Gasteiger partial charge in [0.05, 0.1) is 17.7 Å². The summed E-state index contributed by atoms with van der Waals surface area (Å²) in [5.41, 5.74) is 0.547. The molecule has 0 aliphatic heterocycles. The number of oxazole rings is 1. The van der Waals surface area contributed by atoms with Crippen molar-refractivity contribution in [2.45, 2.75) is 25.9 Å². The predicted octanol–water partition coefficient (Wildman–Crippen LogP) is 2.11. The Hall–Kier alpha value is -2.14. The van der Waals surface area contributed by atoms with Crippen molar-refractivity contribution in [3.63, 3.8) is 0 Å². The van der Waals surface area contributed by atoms with Gasteiger partial charge in [-0.2, -0.15) is 0 Å². The van der Waals surface area contributed by atoms with Crippen LogP contribution >= 0.6 is 0 Å². The number of likely N-dealkylation sites (N-methyl/N-ethyl adjacent to an activating group) is 1. The van der Waals surface area contributed by atoms with Crippen molar-refractivity contribution >= 4 is 5.91 Å². The molecule has 2 aromatic rings. The van der Waals surface area contributed by atoms with Gasteiger partial charge in [-0.15, -0.1) is 0 Å². The summed E-state index contributed by atoms with van der Waals surface area (Å²) in [5.74, 6) is 0.397. The molecule has 112 valence electrons. The van der Waals surface area contributed by atoms with Gasteiger partial charge in [0.2, 0.25) is 11.8 Å². The fourth-order valence-electron chi connectivity index (χ4n) is 2.06. The molecule has 0 fully saturated rings. The van der Waals surface area contributed by atoms with E-state index in [2.05, 4.69) is 4.98 Å². The van der Waals surface area contributed by atoms with E-state index >= 15 is 0 Å². The smallest absolute Gasteiger partial charge is 0.228 e. The maximum absolute atomic E-state index is 12.1. The van der Waals surface area contributed by atoms with Crippen molar-refractivity contribution in [1.29, 1.82) is 0 Å². The van der Waals surface area contributed by atoms with Crippen LogP contribution in [0, 0.1) is 0 Å². The minimum atomic E-state index is -0.913. The molecule has 1 N–H and O–H groups in total. The highest BCUT2D eigenvalue weighted by atomic mass is 16.3. The first-order valence-corrected chi connectivity index (χ1v) is 6.81. The van der Waals surface area contributed by atoms with Gasteiger partial charge in [0.25, 0.3) is 0 Å². The van der Waals surface area contributed by atoms with E-state index in [1.54, 1.807) is 20.9 Å². The minimum absolute atomic E-state index is 0.106. The zero-order chi connectivity index (χ0) is 15.5. The van der Waals surface area contributed by atoms with Gasteiger partial charge in [-0.05, 0) is 26.0 Å². The number of hydrogen-bond acceptors (Lipinski definition) is 4. The average Bonchev–Trinajstić information content (AvgIpc) is 2.86. The van der Waals surface area contributed by atoms with E-state index in [9.17, 15) is 9.90 Å². The normalized spacial score (nSPS) is 11.4. The molecule has 0 aliphatic carbocycles. The van der Waals surface area contributed by atoms with Crippen LogP contribution in [0.15, 0.2) is 41.0 Å². The minimum Gasteiger partial charge on any atom is -0.444 e. The van der Waals surface area contributed by atoms with E-state index in [0.717, 1.165) is 5.56 Å². The van der Waals surface area contributed by atoms with Gasteiger partial charge in [0, 0.05) is 19.2 Å². The number of benzene rings is 1. The van der Waals surface area contributed by atoms with Crippen molar-refractivity contribution in [2.24, 2.45) is 0 Å². The Morgan fingerprint density at radius 3 is 2.62 bits per heavy atom. The molecular formula is C16H20N2O3. The molecule has 1 heterocycles. The average molecular weight is 288 g/mol. The summed E-state index contributed by atoms with van der Waals surface area (Å²) in [5, 5.41) is 9.73. The van der Waals surface area contributed by atoms with Crippen molar-refractivity contribution in [3.05, 3.63) is 42.3 Å². The zero-order valence-corrected chi connectivity index (χ0v) is 12.5. The number of nitrogens with zero attached hydrogens (tertiary/aromatic N) is 2. The number of carbonyl (C=O) groups excluding carboxylic acids is 1. The van der Waals surface area contributed by atoms with E-state index in [0.29, 0.717) is 11.6 Å². The Labute approximate surface area is 124 Å².